The molecule has 12 nitrogen and oxygen atoms in total. The third-order valence-electron chi connectivity index (χ3n) is 2.36. The van der Waals surface area contributed by atoms with Crippen LogP contribution in [0.5, 0.6) is 0 Å². The van der Waals surface area contributed by atoms with Crippen LogP contribution >= 0.6 is 0 Å². The third-order valence-corrected chi connectivity index (χ3v) is 2.36. The number of nitrogens with zero attached hydrogens (tertiary/aromatic N) is 11. The molecule has 168 valence electrons. The number of rotatable bonds is 6. The maximum Gasteiger partial charge on any atom is 0.0824 e. The highest BCUT2D eigenvalue weighted by molar-refractivity contribution is 4.89. The summed E-state index contributed by atoms with van der Waals surface area (Å²) >= 11 is 0. The van der Waals surface area contributed by atoms with E-state index in [0.717, 1.165) is 30.7 Å². The molecule has 0 fully saturated rings. The van der Waals surface area contributed by atoms with Crippen LogP contribution in [0.15, 0.2) is 39.0 Å². The fourth-order valence-electron chi connectivity index (χ4n) is 0.884. The molecular weight excluding hydrogens is 384 g/mol. The van der Waals surface area contributed by atoms with Gasteiger partial charge in [-0.05, 0) is 23.9 Å². The maximum atomic E-state index is 7.52. The molecule has 0 aliphatic heterocycles. The van der Waals surface area contributed by atoms with E-state index in [1.165, 1.54) is 0 Å². The first-order chi connectivity index (χ1) is 14.4. The average Bonchev–Trinajstić information content (AvgIpc) is 3.20. The molecule has 0 amide bonds. The van der Waals surface area contributed by atoms with Gasteiger partial charge in [0.05, 0.1) is 12.7 Å². The molecule has 0 unspecified atom stereocenters. The number of nitrogens with one attached hydrogen (secondary N) is 1. The molecule has 0 bridgehead atoms. The molecule has 1 N–H and O–H groups in total. The molecule has 12 heteroatoms. The topological polar surface area (TPSA) is 165 Å². The van der Waals surface area contributed by atoms with Gasteiger partial charge in [-0.25, -0.2) is 0 Å². The number of aryl methyl sites for hydroxylation is 2. The van der Waals surface area contributed by atoms with Crippen molar-refractivity contribution in [3.05, 3.63) is 45.1 Å². The van der Waals surface area contributed by atoms with Gasteiger partial charge >= 0.3 is 0 Å². The molecule has 30 heavy (non-hydrogen) atoms. The van der Waals surface area contributed by atoms with Gasteiger partial charge in [-0.1, -0.05) is 61.9 Å². The highest BCUT2D eigenvalue weighted by Crippen LogP contribution is 1.89. The molecule has 1 aromatic rings. The fraction of sp³-hybridized carbons (Fsp3) is 0.667. The van der Waals surface area contributed by atoms with Crippen LogP contribution in [0.25, 0.3) is 20.9 Å². The summed E-state index contributed by atoms with van der Waals surface area (Å²) in [7, 11) is 3.47. The minimum absolute atomic E-state index is 0.552. The molecule has 1 heterocycles. The van der Waals surface area contributed by atoms with Crippen molar-refractivity contribution in [2.24, 2.45) is 27.6 Å². The Bertz CT molecular complexity index is 641. The van der Waals surface area contributed by atoms with E-state index >= 15 is 0 Å². The van der Waals surface area contributed by atoms with Gasteiger partial charge in [-0.3, -0.25) is 10.1 Å². The monoisotopic (exact) mass is 420 g/mol. The largest absolute Gasteiger partial charge is 0.265 e. The maximum absolute atomic E-state index is 7.52. The fourth-order valence-corrected chi connectivity index (χ4v) is 0.884. The average molecular weight is 421 g/mol. The van der Waals surface area contributed by atoms with E-state index in [2.05, 4.69) is 65.6 Å². The first-order valence-electron chi connectivity index (χ1n) is 9.41. The van der Waals surface area contributed by atoms with Crippen molar-refractivity contribution in [2.75, 3.05) is 20.1 Å². The Balaban J connectivity index is -0.000000145. The number of aromatic nitrogens is 3. The molecule has 1 aromatic heterocycles. The van der Waals surface area contributed by atoms with Crippen LogP contribution in [0.1, 0.15) is 53.2 Å². The molecule has 0 aliphatic rings. The van der Waals surface area contributed by atoms with Gasteiger partial charge in [0.15, 0.2) is 0 Å². The van der Waals surface area contributed by atoms with Crippen LogP contribution < -0.4 is 5.43 Å². The Morgan fingerprint density at radius 2 is 1.70 bits per heavy atom. The minimum atomic E-state index is 0.552. The van der Waals surface area contributed by atoms with Crippen LogP contribution in [0.4, 0.5) is 0 Å². The molecule has 1 rings (SSSR count). The van der Waals surface area contributed by atoms with E-state index in [1.807, 2.05) is 27.1 Å². The van der Waals surface area contributed by atoms with Gasteiger partial charge in [0, 0.05) is 48.3 Å². The zero-order valence-corrected chi connectivity index (χ0v) is 19.3. The van der Waals surface area contributed by atoms with Crippen molar-refractivity contribution in [3.8, 4) is 12.3 Å². The quantitative estimate of drug-likeness (QED) is 0.210. The summed E-state index contributed by atoms with van der Waals surface area (Å²) in [5.74, 6) is 2.43. The Labute approximate surface area is 180 Å². The number of hydrogen-bond donors (Lipinski definition) is 1. The smallest absolute Gasteiger partial charge is 0.0824 e. The Kier molecular flexibility index (Phi) is 37.5. The first-order valence-corrected chi connectivity index (χ1v) is 9.41. The first kappa shape index (κ1) is 34.0. The molecule has 0 radical (unpaired) electrons. The van der Waals surface area contributed by atoms with Gasteiger partial charge in [-0.15, -0.1) is 17.4 Å². The van der Waals surface area contributed by atoms with Gasteiger partial charge in [0.1, 0.15) is 0 Å². The highest BCUT2D eigenvalue weighted by atomic mass is 15.4. The lowest BCUT2D eigenvalue weighted by molar-refractivity contribution is 0.713. The number of azide groups is 2. The lowest BCUT2D eigenvalue weighted by atomic mass is 10.4. The Morgan fingerprint density at radius 1 is 1.20 bits per heavy atom. The zero-order chi connectivity index (χ0) is 24.0. The van der Waals surface area contributed by atoms with E-state index in [4.69, 9.17) is 17.5 Å². The van der Waals surface area contributed by atoms with Crippen LogP contribution in [0, 0.1) is 12.3 Å². The predicted molar refractivity (Wildman–Crippen MR) is 122 cm³/mol. The Hall–Kier alpha value is -3.54. The number of terminal acetylenes is 1. The van der Waals surface area contributed by atoms with Crippen molar-refractivity contribution >= 4 is 0 Å². The van der Waals surface area contributed by atoms with Gasteiger partial charge < -0.3 is 0 Å². The van der Waals surface area contributed by atoms with Crippen LogP contribution in [0.2, 0.25) is 0 Å². The van der Waals surface area contributed by atoms with Crippen molar-refractivity contribution in [1.29, 1.82) is 0 Å². The van der Waals surface area contributed by atoms with E-state index in [-0.39, 0.29) is 0 Å². The summed E-state index contributed by atoms with van der Waals surface area (Å²) in [6, 6.07) is 0. The lowest BCUT2D eigenvalue weighted by Crippen LogP contribution is -2.00. The van der Waals surface area contributed by atoms with Gasteiger partial charge in [0.2, 0.25) is 0 Å². The van der Waals surface area contributed by atoms with Crippen molar-refractivity contribution < 1.29 is 0 Å². The summed E-state index contributed by atoms with van der Waals surface area (Å²) in [4.78, 5) is 4.96. The summed E-state index contributed by atoms with van der Waals surface area (Å²) in [6.07, 6.45) is 9.40. The summed E-state index contributed by atoms with van der Waals surface area (Å²) < 4.78 is 1.71. The minimum Gasteiger partial charge on any atom is -0.265 e. The lowest BCUT2D eigenvalue weighted by Gasteiger charge is -1.95. The van der Waals surface area contributed by atoms with E-state index < -0.39 is 0 Å². The molecule has 0 atom stereocenters. The third kappa shape index (κ3) is 39.5. The summed E-state index contributed by atoms with van der Waals surface area (Å²) in [6.45, 7) is 14.3. The normalized spacial score (nSPS) is 7.80. The standard InChI is InChI=1S/C5H9N3.C5H11N3.C4H6.2C2H5N3/c1-3-5-4-8(2)7-6-5;1-4-5(2)7-8-6-3;1-3-4-2;2*1-2-4-5-3/h4H,3H2,1-2H3;2,4H2,1,3H3,(H,6,7);1H,4H2,2H3;2*2H2,1H3. The van der Waals surface area contributed by atoms with Gasteiger partial charge in [0.25, 0.3) is 0 Å². The second-order valence-electron chi connectivity index (χ2n) is 4.76. The number of allylic oxidation sites excluding steroid dienone is 1. The summed E-state index contributed by atoms with van der Waals surface area (Å²) in [5.41, 5.74) is 19.6. The van der Waals surface area contributed by atoms with Crippen molar-refractivity contribution in [1.82, 2.24) is 20.4 Å². The zero-order valence-electron chi connectivity index (χ0n) is 19.3. The van der Waals surface area contributed by atoms with Crippen molar-refractivity contribution in [3.63, 3.8) is 0 Å². The van der Waals surface area contributed by atoms with Crippen LogP contribution in [0.3, 0.4) is 0 Å². The number of hydrogen-bond acceptors (Lipinski definition) is 6. The van der Waals surface area contributed by atoms with Gasteiger partial charge in [-0.2, -0.15) is 5.11 Å². The molecule has 0 aliphatic carbocycles. The summed E-state index contributed by atoms with van der Waals surface area (Å²) in [5, 5.41) is 20.9. The SMILES string of the molecule is C#CCC.C=C(CC)NN=NC.CCN=[N+]=[N-].CCN=[N+]=[N-].CCc1cn(C)nn1. The van der Waals surface area contributed by atoms with Crippen LogP contribution in [-0.2, 0) is 13.5 Å². The second kappa shape index (κ2) is 33.1. The molecule has 0 aromatic carbocycles. The molecule has 0 saturated carbocycles. The van der Waals surface area contributed by atoms with Crippen LogP contribution in [-0.4, -0.2) is 35.1 Å². The highest BCUT2D eigenvalue weighted by Gasteiger charge is 1.90. The van der Waals surface area contributed by atoms with E-state index in [0.29, 0.717) is 13.1 Å². The molecule has 0 spiro atoms. The van der Waals surface area contributed by atoms with E-state index in [9.17, 15) is 0 Å². The predicted octanol–water partition coefficient (Wildman–Crippen LogP) is 5.54. The second-order valence-corrected chi connectivity index (χ2v) is 4.76. The van der Waals surface area contributed by atoms with E-state index in [1.54, 1.807) is 25.6 Å². The molecular formula is C18H36N12. The molecule has 0 saturated heterocycles. The van der Waals surface area contributed by atoms with Crippen molar-refractivity contribution in [2.45, 2.75) is 53.9 Å². The Morgan fingerprint density at radius 3 is 1.87 bits per heavy atom.